The number of aliphatic hydroxyl groups excluding tert-OH is 1. The van der Waals surface area contributed by atoms with Crippen molar-refractivity contribution in [1.29, 1.82) is 0 Å². The van der Waals surface area contributed by atoms with Gasteiger partial charge in [-0.3, -0.25) is 4.99 Å². The first-order valence-corrected chi connectivity index (χ1v) is 10.7. The first-order valence-electron chi connectivity index (χ1n) is 10.7. The molecule has 0 aromatic heterocycles. The van der Waals surface area contributed by atoms with Gasteiger partial charge in [-0.05, 0) is 49.0 Å². The Morgan fingerprint density at radius 1 is 1.18 bits per heavy atom. The van der Waals surface area contributed by atoms with E-state index in [0.29, 0.717) is 24.2 Å². The summed E-state index contributed by atoms with van der Waals surface area (Å²) in [5.41, 5.74) is 8.24. The van der Waals surface area contributed by atoms with Gasteiger partial charge in [0.2, 0.25) is 0 Å². The zero-order chi connectivity index (χ0) is 20.1. The van der Waals surface area contributed by atoms with Crippen LogP contribution in [0.25, 0.3) is 0 Å². The minimum absolute atomic E-state index is 0.0588. The van der Waals surface area contributed by atoms with Gasteiger partial charge in [0.25, 0.3) is 0 Å². The van der Waals surface area contributed by atoms with Gasteiger partial charge in [0.1, 0.15) is 22.9 Å². The molecule has 0 radical (unpaired) electrons. The maximum Gasteiger partial charge on any atom is 0.133 e. The number of nitrogens with two attached hydrogens (primary N) is 1. The van der Waals surface area contributed by atoms with Gasteiger partial charge < -0.3 is 20.7 Å². The van der Waals surface area contributed by atoms with Crippen molar-refractivity contribution in [3.8, 4) is 11.5 Å². The summed E-state index contributed by atoms with van der Waals surface area (Å²) in [5, 5.41) is 21.6. The lowest BCUT2D eigenvalue weighted by Crippen LogP contribution is -2.66. The Labute approximate surface area is 167 Å². The standard InChI is InChI=1S/C23H32N2O3/c1-12-5-6-17-21(2,3)18(27)7-8-22(17,4)23(12)10-14-16(26)9-13-15(19(14)28-23)11-25-20(13)24/h9,12,17-18,26-27H,5-8,10-11H2,1-4H3,(H2,24,25)/t12-,17-,18-,22-,23-/m1/s1. The summed E-state index contributed by atoms with van der Waals surface area (Å²) in [6.07, 6.45) is 4.39. The minimum Gasteiger partial charge on any atom is -0.508 e. The van der Waals surface area contributed by atoms with E-state index >= 15 is 0 Å². The predicted molar refractivity (Wildman–Crippen MR) is 109 cm³/mol. The molecule has 2 aliphatic heterocycles. The highest BCUT2D eigenvalue weighted by Crippen LogP contribution is 2.67. The summed E-state index contributed by atoms with van der Waals surface area (Å²) in [5.74, 6) is 2.34. The van der Waals surface area contributed by atoms with E-state index in [1.165, 1.54) is 0 Å². The quantitative estimate of drug-likeness (QED) is 0.639. The van der Waals surface area contributed by atoms with Crippen LogP contribution in [0, 0.1) is 22.7 Å². The summed E-state index contributed by atoms with van der Waals surface area (Å²) in [6, 6.07) is 1.77. The van der Waals surface area contributed by atoms with Crippen LogP contribution in [0.5, 0.6) is 11.5 Å². The summed E-state index contributed by atoms with van der Waals surface area (Å²) in [4.78, 5) is 4.38. The number of phenols is 1. The van der Waals surface area contributed by atoms with Crippen molar-refractivity contribution >= 4 is 5.84 Å². The number of aliphatic imine (C=N–C) groups is 1. The van der Waals surface area contributed by atoms with Gasteiger partial charge in [0.15, 0.2) is 0 Å². The fraction of sp³-hybridized carbons (Fsp3) is 0.696. The lowest BCUT2D eigenvalue weighted by molar-refractivity contribution is -0.210. The normalized spacial score (nSPS) is 40.5. The molecule has 0 saturated heterocycles. The van der Waals surface area contributed by atoms with Crippen molar-refractivity contribution in [3.63, 3.8) is 0 Å². The Morgan fingerprint density at radius 2 is 1.93 bits per heavy atom. The van der Waals surface area contributed by atoms with Gasteiger partial charge >= 0.3 is 0 Å². The van der Waals surface area contributed by atoms with Crippen molar-refractivity contribution in [3.05, 3.63) is 22.8 Å². The van der Waals surface area contributed by atoms with E-state index < -0.39 is 0 Å². The van der Waals surface area contributed by atoms with Crippen LogP contribution in [0.2, 0.25) is 0 Å². The molecule has 4 aliphatic rings. The highest BCUT2D eigenvalue weighted by molar-refractivity contribution is 6.02. The molecule has 0 amide bonds. The maximum atomic E-state index is 10.8. The maximum absolute atomic E-state index is 10.8. The third kappa shape index (κ3) is 1.99. The molecular formula is C23H32N2O3. The lowest BCUT2D eigenvalue weighted by atomic mass is 9.43. The summed E-state index contributed by atoms with van der Waals surface area (Å²) in [7, 11) is 0. The largest absolute Gasteiger partial charge is 0.508 e. The molecule has 2 aliphatic carbocycles. The number of ether oxygens (including phenoxy) is 1. The molecule has 0 unspecified atom stereocenters. The van der Waals surface area contributed by atoms with Crippen LogP contribution < -0.4 is 10.5 Å². The average Bonchev–Trinajstić information content (AvgIpc) is 3.20. The summed E-state index contributed by atoms with van der Waals surface area (Å²) < 4.78 is 6.95. The molecule has 152 valence electrons. The van der Waals surface area contributed by atoms with E-state index in [0.717, 1.165) is 54.5 Å². The fourth-order valence-electron chi connectivity index (χ4n) is 7.18. The van der Waals surface area contributed by atoms with Gasteiger partial charge in [0, 0.05) is 28.5 Å². The number of rotatable bonds is 0. The predicted octanol–water partition coefficient (Wildman–Crippen LogP) is 3.52. The zero-order valence-corrected chi connectivity index (χ0v) is 17.4. The number of phenolic OH excluding ortho intramolecular Hbond substituents is 1. The molecule has 5 atom stereocenters. The van der Waals surface area contributed by atoms with Gasteiger partial charge in [0.05, 0.1) is 12.6 Å². The Kier molecular flexibility index (Phi) is 3.55. The van der Waals surface area contributed by atoms with E-state index in [-0.39, 0.29) is 28.3 Å². The fourth-order valence-corrected chi connectivity index (χ4v) is 7.18. The molecule has 2 saturated carbocycles. The van der Waals surface area contributed by atoms with Crippen molar-refractivity contribution in [1.82, 2.24) is 0 Å². The summed E-state index contributed by atoms with van der Waals surface area (Å²) >= 11 is 0. The van der Waals surface area contributed by atoms with Crippen molar-refractivity contribution in [2.24, 2.45) is 33.4 Å². The first kappa shape index (κ1) is 18.3. The lowest BCUT2D eigenvalue weighted by Gasteiger charge is -2.64. The number of aliphatic hydroxyl groups is 1. The van der Waals surface area contributed by atoms with Crippen molar-refractivity contribution in [2.45, 2.75) is 78.0 Å². The molecule has 2 heterocycles. The van der Waals surface area contributed by atoms with E-state index in [1.807, 2.05) is 0 Å². The van der Waals surface area contributed by atoms with Gasteiger partial charge in [-0.25, -0.2) is 0 Å². The zero-order valence-electron chi connectivity index (χ0n) is 17.4. The van der Waals surface area contributed by atoms with Crippen LogP contribution in [0.3, 0.4) is 0 Å². The molecule has 28 heavy (non-hydrogen) atoms. The second kappa shape index (κ2) is 5.44. The minimum atomic E-state index is -0.361. The van der Waals surface area contributed by atoms with E-state index in [2.05, 4.69) is 32.7 Å². The monoisotopic (exact) mass is 384 g/mol. The van der Waals surface area contributed by atoms with Gasteiger partial charge in [-0.1, -0.05) is 27.7 Å². The van der Waals surface area contributed by atoms with E-state index in [1.54, 1.807) is 6.07 Å². The second-order valence-electron chi connectivity index (χ2n) is 10.4. The third-order valence-electron chi connectivity index (χ3n) is 8.98. The molecule has 5 rings (SSSR count). The van der Waals surface area contributed by atoms with Gasteiger partial charge in [-0.2, -0.15) is 0 Å². The van der Waals surface area contributed by atoms with Crippen LogP contribution in [-0.2, 0) is 13.0 Å². The molecule has 4 N–H and O–H groups in total. The molecule has 2 fully saturated rings. The molecule has 0 bridgehead atoms. The number of hydrogen-bond acceptors (Lipinski definition) is 5. The first-order chi connectivity index (χ1) is 13.1. The molecule has 1 spiro atoms. The highest BCUT2D eigenvalue weighted by atomic mass is 16.5. The van der Waals surface area contributed by atoms with Gasteiger partial charge in [-0.15, -0.1) is 0 Å². The number of aromatic hydroxyl groups is 1. The molecule has 1 aromatic rings. The molecule has 5 heteroatoms. The molecular weight excluding hydrogens is 352 g/mol. The Morgan fingerprint density at radius 3 is 2.68 bits per heavy atom. The Balaban J connectivity index is 1.64. The van der Waals surface area contributed by atoms with Crippen LogP contribution in [0.4, 0.5) is 0 Å². The van der Waals surface area contributed by atoms with E-state index in [9.17, 15) is 10.2 Å². The second-order valence-corrected chi connectivity index (χ2v) is 10.4. The Hall–Kier alpha value is -1.75. The van der Waals surface area contributed by atoms with Crippen LogP contribution in [0.1, 0.15) is 70.1 Å². The smallest absolute Gasteiger partial charge is 0.133 e. The number of hydrogen-bond donors (Lipinski definition) is 3. The van der Waals surface area contributed by atoms with Crippen molar-refractivity contribution in [2.75, 3.05) is 0 Å². The molecule has 5 nitrogen and oxygen atoms in total. The highest BCUT2D eigenvalue weighted by Gasteiger charge is 2.67. The van der Waals surface area contributed by atoms with E-state index in [4.69, 9.17) is 10.5 Å². The van der Waals surface area contributed by atoms with Crippen LogP contribution >= 0.6 is 0 Å². The summed E-state index contributed by atoms with van der Waals surface area (Å²) in [6.45, 7) is 9.63. The van der Waals surface area contributed by atoms with Crippen molar-refractivity contribution < 1.29 is 14.9 Å². The Bertz CT molecular complexity index is 892. The third-order valence-corrected chi connectivity index (χ3v) is 8.98. The van der Waals surface area contributed by atoms with Crippen LogP contribution in [-0.4, -0.2) is 27.8 Å². The number of nitrogens with zero attached hydrogens (tertiary/aromatic N) is 1. The average molecular weight is 385 g/mol. The van der Waals surface area contributed by atoms with Crippen LogP contribution in [0.15, 0.2) is 11.1 Å². The number of fused-ring (bicyclic) bond motifs is 5. The molecule has 1 aromatic carbocycles. The number of benzene rings is 1. The SMILES string of the molecule is C[C@@H]1CC[C@@H]2C(C)(C)[C@H](O)CC[C@@]2(C)[C@@]12Cc1c(O)cc3c(c1O2)CN=C3N. The number of amidine groups is 1. The topological polar surface area (TPSA) is 88.1 Å².